The highest BCUT2D eigenvalue weighted by atomic mass is 35.5. The third-order valence-electron chi connectivity index (χ3n) is 2.16. The smallest absolute Gasteiger partial charge is 0.303 e. The summed E-state index contributed by atoms with van der Waals surface area (Å²) in [4.78, 5) is 10.3. The normalized spacial score (nSPS) is 10.2. The minimum absolute atomic E-state index is 0.0196. The molecule has 5 heteroatoms. The molecular weight excluding hydrogens is 235 g/mol. The van der Waals surface area contributed by atoms with Crippen molar-refractivity contribution in [2.45, 2.75) is 19.3 Å². The second kappa shape index (κ2) is 5.70. The maximum absolute atomic E-state index is 13.1. The van der Waals surface area contributed by atoms with Crippen LogP contribution in [0.15, 0.2) is 12.1 Å². The molecule has 1 N–H and O–H groups in total. The molecular formula is C11H12ClFO3. The van der Waals surface area contributed by atoms with E-state index >= 15 is 0 Å². The van der Waals surface area contributed by atoms with Gasteiger partial charge in [0, 0.05) is 12.5 Å². The van der Waals surface area contributed by atoms with Gasteiger partial charge < -0.3 is 9.84 Å². The molecule has 0 bridgehead atoms. The molecule has 0 atom stereocenters. The average molecular weight is 247 g/mol. The number of hydrogen-bond acceptors (Lipinski definition) is 2. The minimum Gasteiger partial charge on any atom is -0.496 e. The van der Waals surface area contributed by atoms with Gasteiger partial charge in [-0.2, -0.15) is 0 Å². The number of methoxy groups -OCH3 is 1. The van der Waals surface area contributed by atoms with Crippen LogP contribution in [0, 0.1) is 5.82 Å². The molecule has 0 aliphatic rings. The zero-order chi connectivity index (χ0) is 12.1. The fourth-order valence-corrected chi connectivity index (χ4v) is 1.57. The van der Waals surface area contributed by atoms with Crippen LogP contribution in [0.2, 0.25) is 5.02 Å². The lowest BCUT2D eigenvalue weighted by Crippen LogP contribution is -1.98. The number of benzene rings is 1. The van der Waals surface area contributed by atoms with Crippen molar-refractivity contribution >= 4 is 17.6 Å². The van der Waals surface area contributed by atoms with Crippen LogP contribution in [0.3, 0.4) is 0 Å². The minimum atomic E-state index is -0.854. The molecule has 0 saturated heterocycles. The van der Waals surface area contributed by atoms with Gasteiger partial charge in [0.25, 0.3) is 0 Å². The van der Waals surface area contributed by atoms with Gasteiger partial charge in [-0.3, -0.25) is 4.79 Å². The van der Waals surface area contributed by atoms with Gasteiger partial charge in [0.1, 0.15) is 11.6 Å². The number of ether oxygens (including phenoxy) is 1. The van der Waals surface area contributed by atoms with Gasteiger partial charge in [0.15, 0.2) is 0 Å². The monoisotopic (exact) mass is 246 g/mol. The van der Waals surface area contributed by atoms with Crippen LogP contribution in [0.25, 0.3) is 0 Å². The van der Waals surface area contributed by atoms with Crippen molar-refractivity contribution in [1.82, 2.24) is 0 Å². The maximum atomic E-state index is 13.1. The van der Waals surface area contributed by atoms with E-state index in [2.05, 4.69) is 0 Å². The molecule has 0 saturated carbocycles. The predicted molar refractivity (Wildman–Crippen MR) is 58.5 cm³/mol. The van der Waals surface area contributed by atoms with Gasteiger partial charge in [0.05, 0.1) is 12.1 Å². The maximum Gasteiger partial charge on any atom is 0.303 e. The second-order valence-corrected chi connectivity index (χ2v) is 3.73. The van der Waals surface area contributed by atoms with Gasteiger partial charge >= 0.3 is 5.97 Å². The molecule has 0 amide bonds. The number of carboxylic acid groups (broad SMARTS) is 1. The standard InChI is InChI=1S/C11H12ClFO3/c1-16-10-6-9(13)8(12)5-7(10)3-2-4-11(14)15/h5-6H,2-4H2,1H3,(H,14,15). The first kappa shape index (κ1) is 12.8. The summed E-state index contributed by atoms with van der Waals surface area (Å²) in [7, 11) is 1.43. The van der Waals surface area contributed by atoms with Crippen LogP contribution in [-0.2, 0) is 11.2 Å². The largest absolute Gasteiger partial charge is 0.496 e. The Morgan fingerprint density at radius 3 is 2.81 bits per heavy atom. The number of carbonyl (C=O) groups is 1. The summed E-state index contributed by atoms with van der Waals surface area (Å²) >= 11 is 5.64. The second-order valence-electron chi connectivity index (χ2n) is 3.33. The SMILES string of the molecule is COc1cc(F)c(Cl)cc1CCCC(=O)O. The van der Waals surface area contributed by atoms with Gasteiger partial charge in [-0.05, 0) is 24.5 Å². The zero-order valence-electron chi connectivity index (χ0n) is 8.80. The first-order valence-electron chi connectivity index (χ1n) is 4.78. The third kappa shape index (κ3) is 3.38. The van der Waals surface area contributed by atoms with Crippen molar-refractivity contribution < 1.29 is 19.0 Å². The van der Waals surface area contributed by atoms with Gasteiger partial charge in [-0.25, -0.2) is 4.39 Å². The van der Waals surface area contributed by atoms with Crippen LogP contribution in [0.5, 0.6) is 5.75 Å². The summed E-state index contributed by atoms with van der Waals surface area (Å²) in [5, 5.41) is 8.52. The number of hydrogen-bond donors (Lipinski definition) is 1. The van der Waals surface area contributed by atoms with Gasteiger partial charge in [0.2, 0.25) is 0 Å². The summed E-state index contributed by atoms with van der Waals surface area (Å²) in [5.41, 5.74) is 0.718. The van der Waals surface area contributed by atoms with E-state index in [1.54, 1.807) is 0 Å². The molecule has 0 aromatic heterocycles. The zero-order valence-corrected chi connectivity index (χ0v) is 9.55. The Morgan fingerprint density at radius 1 is 1.56 bits per heavy atom. The lowest BCUT2D eigenvalue weighted by Gasteiger charge is -2.08. The van der Waals surface area contributed by atoms with Crippen LogP contribution in [0.4, 0.5) is 4.39 Å². The van der Waals surface area contributed by atoms with E-state index in [9.17, 15) is 9.18 Å². The highest BCUT2D eigenvalue weighted by Gasteiger charge is 2.09. The molecule has 1 aromatic carbocycles. The Bertz CT molecular complexity index is 393. The quantitative estimate of drug-likeness (QED) is 0.869. The highest BCUT2D eigenvalue weighted by molar-refractivity contribution is 6.30. The van der Waals surface area contributed by atoms with Gasteiger partial charge in [-0.15, -0.1) is 0 Å². The Balaban J connectivity index is 2.77. The lowest BCUT2D eigenvalue weighted by molar-refractivity contribution is -0.137. The van der Waals surface area contributed by atoms with E-state index in [-0.39, 0.29) is 11.4 Å². The van der Waals surface area contributed by atoms with E-state index in [1.807, 2.05) is 0 Å². The van der Waals surface area contributed by atoms with Crippen LogP contribution in [0.1, 0.15) is 18.4 Å². The van der Waals surface area contributed by atoms with E-state index in [0.717, 1.165) is 5.56 Å². The average Bonchev–Trinajstić information content (AvgIpc) is 2.22. The topological polar surface area (TPSA) is 46.5 Å². The summed E-state index contributed by atoms with van der Waals surface area (Å²) < 4.78 is 18.1. The van der Waals surface area contributed by atoms with Crippen LogP contribution >= 0.6 is 11.6 Å². The summed E-state index contributed by atoms with van der Waals surface area (Å²) in [5.74, 6) is -1.00. The van der Waals surface area contributed by atoms with Crippen molar-refractivity contribution in [3.05, 3.63) is 28.5 Å². The Hall–Kier alpha value is -1.29. The first-order chi connectivity index (χ1) is 7.54. The Morgan fingerprint density at radius 2 is 2.25 bits per heavy atom. The van der Waals surface area contributed by atoms with E-state index in [1.165, 1.54) is 19.2 Å². The molecule has 0 heterocycles. The molecule has 16 heavy (non-hydrogen) atoms. The molecule has 1 aromatic rings. The van der Waals surface area contributed by atoms with E-state index < -0.39 is 11.8 Å². The molecule has 0 spiro atoms. The first-order valence-corrected chi connectivity index (χ1v) is 5.16. The number of rotatable bonds is 5. The molecule has 0 aliphatic heterocycles. The molecule has 0 radical (unpaired) electrons. The molecule has 0 unspecified atom stereocenters. The fourth-order valence-electron chi connectivity index (χ4n) is 1.39. The number of halogens is 2. The predicted octanol–water partition coefficient (Wildman–Crippen LogP) is 2.90. The van der Waals surface area contributed by atoms with Crippen molar-refractivity contribution in [2.75, 3.05) is 7.11 Å². The molecule has 88 valence electrons. The molecule has 0 aliphatic carbocycles. The fraction of sp³-hybridized carbons (Fsp3) is 0.364. The van der Waals surface area contributed by atoms with Crippen molar-refractivity contribution in [3.8, 4) is 5.75 Å². The third-order valence-corrected chi connectivity index (χ3v) is 2.45. The van der Waals surface area contributed by atoms with Crippen molar-refractivity contribution in [3.63, 3.8) is 0 Å². The van der Waals surface area contributed by atoms with Crippen LogP contribution < -0.4 is 4.74 Å². The molecule has 3 nitrogen and oxygen atoms in total. The van der Waals surface area contributed by atoms with E-state index in [4.69, 9.17) is 21.4 Å². The number of aliphatic carboxylic acids is 1. The molecule has 1 rings (SSSR count). The lowest BCUT2D eigenvalue weighted by atomic mass is 10.1. The summed E-state index contributed by atoms with van der Waals surface area (Å²) in [6.07, 6.45) is 1.03. The Labute approximate surface area is 97.8 Å². The summed E-state index contributed by atoms with van der Waals surface area (Å²) in [6.45, 7) is 0. The highest BCUT2D eigenvalue weighted by Crippen LogP contribution is 2.27. The Kier molecular flexibility index (Phi) is 4.55. The summed E-state index contributed by atoms with van der Waals surface area (Å²) in [6, 6.07) is 2.68. The van der Waals surface area contributed by atoms with E-state index in [0.29, 0.717) is 18.6 Å². The number of aryl methyl sites for hydroxylation is 1. The number of carboxylic acids is 1. The van der Waals surface area contributed by atoms with Crippen molar-refractivity contribution in [2.24, 2.45) is 0 Å². The van der Waals surface area contributed by atoms with Gasteiger partial charge in [-0.1, -0.05) is 11.6 Å². The molecule has 0 fully saturated rings. The van der Waals surface area contributed by atoms with Crippen LogP contribution in [-0.4, -0.2) is 18.2 Å². The van der Waals surface area contributed by atoms with Crippen molar-refractivity contribution in [1.29, 1.82) is 0 Å².